The summed E-state index contributed by atoms with van der Waals surface area (Å²) in [6, 6.07) is 7.28. The van der Waals surface area contributed by atoms with Gasteiger partial charge in [0, 0.05) is 44.0 Å². The van der Waals surface area contributed by atoms with Gasteiger partial charge in [-0.05, 0) is 49.8 Å². The third-order valence-electron chi connectivity index (χ3n) is 4.28. The zero-order valence-electron chi connectivity index (χ0n) is 16.5. The summed E-state index contributed by atoms with van der Waals surface area (Å²) in [5, 5.41) is 3.68. The molecule has 1 aromatic heterocycles. The molecule has 0 aliphatic carbocycles. The monoisotopic (exact) mass is 386 g/mol. The zero-order valence-corrected chi connectivity index (χ0v) is 17.3. The van der Waals surface area contributed by atoms with Crippen molar-refractivity contribution in [1.82, 2.24) is 20.2 Å². The van der Waals surface area contributed by atoms with E-state index in [0.717, 1.165) is 27.7 Å². The largest absolute Gasteiger partial charge is 0.352 e. The molecule has 0 spiro atoms. The van der Waals surface area contributed by atoms with Crippen LogP contribution in [0.2, 0.25) is 0 Å². The minimum absolute atomic E-state index is 0.0174. The molecular formula is C20H26N4O2S. The van der Waals surface area contributed by atoms with Crippen molar-refractivity contribution in [3.05, 3.63) is 52.3 Å². The summed E-state index contributed by atoms with van der Waals surface area (Å²) in [4.78, 5) is 34.5. The molecular weight excluding hydrogens is 360 g/mol. The van der Waals surface area contributed by atoms with Crippen LogP contribution in [0.5, 0.6) is 0 Å². The Bertz CT molecular complexity index is 796. The molecule has 1 N–H and O–H groups in total. The van der Waals surface area contributed by atoms with Crippen molar-refractivity contribution in [3.63, 3.8) is 0 Å². The Kier molecular flexibility index (Phi) is 7.36. The predicted molar refractivity (Wildman–Crippen MR) is 108 cm³/mol. The van der Waals surface area contributed by atoms with Crippen LogP contribution in [0.15, 0.2) is 29.4 Å². The molecule has 2 rings (SSSR count). The van der Waals surface area contributed by atoms with E-state index in [4.69, 9.17) is 0 Å². The normalized spacial score (nSPS) is 10.6. The molecule has 0 saturated heterocycles. The van der Waals surface area contributed by atoms with Crippen LogP contribution < -0.4 is 5.32 Å². The highest BCUT2D eigenvalue weighted by Gasteiger charge is 2.11. The maximum Gasteiger partial charge on any atom is 0.253 e. The molecule has 0 fully saturated rings. The predicted octanol–water partition coefficient (Wildman–Crippen LogP) is 2.77. The van der Waals surface area contributed by atoms with Crippen LogP contribution in [0.1, 0.15) is 39.3 Å². The number of rotatable bonds is 7. The highest BCUT2D eigenvalue weighted by atomic mass is 32.2. The van der Waals surface area contributed by atoms with Crippen molar-refractivity contribution >= 4 is 23.6 Å². The van der Waals surface area contributed by atoms with E-state index < -0.39 is 0 Å². The third kappa shape index (κ3) is 5.79. The van der Waals surface area contributed by atoms with E-state index in [9.17, 15) is 9.59 Å². The number of nitrogens with zero attached hydrogens (tertiary/aromatic N) is 3. The number of carbonyl (C=O) groups is 2. The molecule has 0 atom stereocenters. The summed E-state index contributed by atoms with van der Waals surface area (Å²) in [5.41, 5.74) is 4.49. The lowest BCUT2D eigenvalue weighted by Gasteiger charge is -2.11. The number of hydrogen-bond donors (Lipinski definition) is 1. The fraction of sp³-hybridized carbons (Fsp3) is 0.400. The lowest BCUT2D eigenvalue weighted by atomic mass is 10.1. The van der Waals surface area contributed by atoms with Crippen LogP contribution in [-0.2, 0) is 17.8 Å². The van der Waals surface area contributed by atoms with Crippen molar-refractivity contribution in [2.45, 2.75) is 38.4 Å². The Balaban J connectivity index is 1.87. The first-order valence-electron chi connectivity index (χ1n) is 8.77. The average Bonchev–Trinajstić information content (AvgIpc) is 2.65. The van der Waals surface area contributed by atoms with Crippen LogP contribution in [0, 0.1) is 13.8 Å². The SMILES string of the molecule is CSc1nc(C)c(CCC(=O)NCc2ccc(C(=O)N(C)C)cc2)c(C)n1. The number of aryl methyl sites for hydroxylation is 2. The molecule has 27 heavy (non-hydrogen) atoms. The van der Waals surface area contributed by atoms with Crippen molar-refractivity contribution in [2.75, 3.05) is 20.4 Å². The lowest BCUT2D eigenvalue weighted by molar-refractivity contribution is -0.121. The Morgan fingerprint density at radius 3 is 2.19 bits per heavy atom. The molecule has 1 aromatic carbocycles. The van der Waals surface area contributed by atoms with E-state index in [0.29, 0.717) is 24.9 Å². The zero-order chi connectivity index (χ0) is 20.0. The molecule has 0 bridgehead atoms. The Hall–Kier alpha value is -2.41. The van der Waals surface area contributed by atoms with Crippen molar-refractivity contribution in [3.8, 4) is 0 Å². The minimum atomic E-state index is -0.0361. The molecule has 144 valence electrons. The van der Waals surface area contributed by atoms with Crippen molar-refractivity contribution < 1.29 is 9.59 Å². The van der Waals surface area contributed by atoms with Crippen LogP contribution >= 0.6 is 11.8 Å². The quantitative estimate of drug-likeness (QED) is 0.585. The van der Waals surface area contributed by atoms with E-state index in [2.05, 4.69) is 15.3 Å². The third-order valence-corrected chi connectivity index (χ3v) is 4.83. The van der Waals surface area contributed by atoms with E-state index in [-0.39, 0.29) is 11.8 Å². The molecule has 0 unspecified atom stereocenters. The Morgan fingerprint density at radius 2 is 1.67 bits per heavy atom. The minimum Gasteiger partial charge on any atom is -0.352 e. The molecule has 2 amide bonds. The molecule has 0 saturated carbocycles. The fourth-order valence-corrected chi connectivity index (χ4v) is 3.17. The number of hydrogen-bond acceptors (Lipinski definition) is 5. The van der Waals surface area contributed by atoms with Crippen LogP contribution in [0.4, 0.5) is 0 Å². The summed E-state index contributed by atoms with van der Waals surface area (Å²) in [7, 11) is 3.44. The van der Waals surface area contributed by atoms with Crippen LogP contribution in [0.3, 0.4) is 0 Å². The number of aromatic nitrogens is 2. The lowest BCUT2D eigenvalue weighted by Crippen LogP contribution is -2.24. The number of benzene rings is 1. The van der Waals surface area contributed by atoms with Gasteiger partial charge >= 0.3 is 0 Å². The Labute approximate surface area is 164 Å². The number of carbonyl (C=O) groups excluding carboxylic acids is 2. The van der Waals surface area contributed by atoms with Crippen molar-refractivity contribution in [2.24, 2.45) is 0 Å². The van der Waals surface area contributed by atoms with Crippen molar-refractivity contribution in [1.29, 1.82) is 0 Å². The van der Waals surface area contributed by atoms with Gasteiger partial charge < -0.3 is 10.2 Å². The second-order valence-electron chi connectivity index (χ2n) is 6.53. The van der Waals surface area contributed by atoms with Gasteiger partial charge in [0.15, 0.2) is 5.16 Å². The molecule has 1 heterocycles. The van der Waals surface area contributed by atoms with E-state index in [1.54, 1.807) is 26.2 Å². The first-order chi connectivity index (χ1) is 12.8. The average molecular weight is 387 g/mol. The first-order valence-corrected chi connectivity index (χ1v) is 9.99. The van der Waals surface area contributed by atoms with Gasteiger partial charge in [-0.15, -0.1) is 0 Å². The fourth-order valence-electron chi connectivity index (χ4n) is 2.71. The molecule has 0 radical (unpaired) electrons. The summed E-state index contributed by atoms with van der Waals surface area (Å²) in [6.07, 6.45) is 2.96. The topological polar surface area (TPSA) is 75.2 Å². The smallest absolute Gasteiger partial charge is 0.253 e. The van der Waals surface area contributed by atoms with Gasteiger partial charge in [0.1, 0.15) is 0 Å². The Morgan fingerprint density at radius 1 is 1.07 bits per heavy atom. The first kappa shape index (κ1) is 20.9. The van der Waals surface area contributed by atoms with Gasteiger partial charge in [-0.25, -0.2) is 9.97 Å². The van der Waals surface area contributed by atoms with E-state index in [1.165, 1.54) is 16.7 Å². The highest BCUT2D eigenvalue weighted by Crippen LogP contribution is 2.17. The van der Waals surface area contributed by atoms with Gasteiger partial charge in [-0.3, -0.25) is 9.59 Å². The van der Waals surface area contributed by atoms with Gasteiger partial charge in [-0.2, -0.15) is 0 Å². The molecule has 7 heteroatoms. The maximum absolute atomic E-state index is 12.2. The molecule has 0 aliphatic heterocycles. The van der Waals surface area contributed by atoms with Gasteiger partial charge in [-0.1, -0.05) is 23.9 Å². The van der Waals surface area contributed by atoms with Gasteiger partial charge in [0.2, 0.25) is 5.91 Å². The molecule has 0 aliphatic rings. The number of thioether (sulfide) groups is 1. The second-order valence-corrected chi connectivity index (χ2v) is 7.31. The standard InChI is InChI=1S/C20H26N4O2S/c1-13-17(14(2)23-20(22-13)27-5)10-11-18(25)21-12-15-6-8-16(9-7-15)19(26)24(3)4/h6-9H,10-12H2,1-5H3,(H,21,25). The van der Waals surface area contributed by atoms with E-state index in [1.807, 2.05) is 32.2 Å². The second kappa shape index (κ2) is 9.50. The highest BCUT2D eigenvalue weighted by molar-refractivity contribution is 7.98. The summed E-state index contributed by atoms with van der Waals surface area (Å²) >= 11 is 1.51. The molecule has 2 aromatic rings. The number of amides is 2. The van der Waals surface area contributed by atoms with Gasteiger partial charge in [0.25, 0.3) is 5.91 Å². The summed E-state index contributed by atoms with van der Waals surface area (Å²) in [5.74, 6) is -0.0535. The van der Waals surface area contributed by atoms with E-state index >= 15 is 0 Å². The molecule has 6 nitrogen and oxygen atoms in total. The van der Waals surface area contributed by atoms with Gasteiger partial charge in [0.05, 0.1) is 0 Å². The summed E-state index contributed by atoms with van der Waals surface area (Å²) < 4.78 is 0. The maximum atomic E-state index is 12.2. The van der Waals surface area contributed by atoms with Crippen LogP contribution in [0.25, 0.3) is 0 Å². The summed E-state index contributed by atoms with van der Waals surface area (Å²) in [6.45, 7) is 4.35. The number of nitrogens with one attached hydrogen (secondary N) is 1. The van der Waals surface area contributed by atoms with Crippen LogP contribution in [-0.4, -0.2) is 47.0 Å².